The van der Waals surface area contributed by atoms with E-state index in [0.29, 0.717) is 13.0 Å². The molecule has 0 heterocycles. The third-order valence-electron chi connectivity index (χ3n) is 7.38. The van der Waals surface area contributed by atoms with Crippen molar-refractivity contribution in [3.63, 3.8) is 0 Å². The van der Waals surface area contributed by atoms with Gasteiger partial charge < -0.3 is 24.5 Å². The number of aryl methyl sites for hydroxylation is 2. The summed E-state index contributed by atoms with van der Waals surface area (Å²) in [6, 6.07) is 8.84. The van der Waals surface area contributed by atoms with Crippen LogP contribution < -0.4 is 10.2 Å². The number of ether oxygens (including phenoxy) is 1. The molecule has 1 saturated carbocycles. The van der Waals surface area contributed by atoms with Gasteiger partial charge in [0.25, 0.3) is 5.69 Å². The predicted octanol–water partition coefficient (Wildman–Crippen LogP) is 3.08. The predicted molar refractivity (Wildman–Crippen MR) is 191 cm³/mol. The topological polar surface area (TPSA) is 265 Å². The number of nitrogens with zero attached hydrogens (tertiary/aromatic N) is 2. The maximum atomic E-state index is 12.4. The van der Waals surface area contributed by atoms with Gasteiger partial charge in [0.1, 0.15) is 11.8 Å². The fourth-order valence-electron chi connectivity index (χ4n) is 5.08. The van der Waals surface area contributed by atoms with E-state index in [0.717, 1.165) is 47.7 Å². The van der Waals surface area contributed by atoms with Crippen molar-refractivity contribution in [2.75, 3.05) is 43.6 Å². The van der Waals surface area contributed by atoms with Crippen molar-refractivity contribution in [1.29, 1.82) is 0 Å². The highest BCUT2D eigenvalue weighted by Gasteiger charge is 2.39. The fourth-order valence-corrected chi connectivity index (χ4v) is 6.26. The first-order chi connectivity index (χ1) is 24.1. The quantitative estimate of drug-likeness (QED) is 0.0535. The first kappa shape index (κ1) is 46.1. The van der Waals surface area contributed by atoms with Gasteiger partial charge in [-0.15, -0.1) is 11.6 Å². The van der Waals surface area contributed by atoms with E-state index in [-0.39, 0.29) is 35.6 Å². The maximum Gasteiger partial charge on any atom is 0.339 e. The number of anilines is 1. The van der Waals surface area contributed by atoms with Crippen LogP contribution >= 0.6 is 19.2 Å². The molecule has 0 radical (unpaired) electrons. The third-order valence-corrected chi connectivity index (χ3v) is 9.36. The van der Waals surface area contributed by atoms with Crippen LogP contribution in [0.5, 0.6) is 0 Å². The van der Waals surface area contributed by atoms with Crippen molar-refractivity contribution < 1.29 is 61.5 Å². The maximum absolute atomic E-state index is 12.4. The number of para-hydroxylation sites is 1. The number of nitro benzene ring substituents is 1. The van der Waals surface area contributed by atoms with Crippen LogP contribution in [-0.4, -0.2) is 102 Å². The van der Waals surface area contributed by atoms with Crippen molar-refractivity contribution in [3.05, 3.63) is 63.2 Å². The zero-order valence-electron chi connectivity index (χ0n) is 29.2. The number of ketones is 3. The lowest BCUT2D eigenvalue weighted by molar-refractivity contribution is -0.385. The molecule has 3 rings (SSSR count). The van der Waals surface area contributed by atoms with Gasteiger partial charge in [0.05, 0.1) is 46.5 Å². The van der Waals surface area contributed by atoms with Crippen LogP contribution in [-0.2, 0) is 44.7 Å². The second-order valence-electron chi connectivity index (χ2n) is 11.6. The second kappa shape index (κ2) is 21.0. The van der Waals surface area contributed by atoms with Gasteiger partial charge in [-0.3, -0.25) is 44.0 Å². The number of nitrogens with one attached hydrogen (secondary N) is 1. The Bertz CT molecular complexity index is 1780. The number of Topliss-reactive ketones (excluding diaryl/α,β-unsaturated/α-hetero) is 3. The molecule has 0 saturated heterocycles. The number of rotatable bonds is 14. The number of alkyl halides is 1. The summed E-state index contributed by atoms with van der Waals surface area (Å²) in [4.78, 5) is 86.1. The molecule has 20 heteroatoms. The lowest BCUT2D eigenvalue weighted by Gasteiger charge is -2.31. The molecule has 0 aromatic heterocycles. The highest BCUT2D eigenvalue weighted by atomic mass is 35.5. The molecular weight excluding hydrogens is 749 g/mol. The molecule has 0 bridgehead atoms. The standard InChI is InChI=1S/C15H22ClNO2.C14H13NO7S.C3H8NO5P/c1-5-13-8-6-7-11(2)15(13)17(14(18)9-16)12(3)10-19-4;1-23(21,22)8-5-6-9(10(7-8)15(19)20)14(18)13-11(16)3-2-4-12(13)17;5-3(6)1-4-2-10(7,8)9/h6-8,12H,5,9-10H2,1-4H3;5-7,13H,2-4H2,1H3;4H,1-2H2,(H,5,6)(H2,7,8,9)/t12-;;/m0../s1. The molecule has 17 nitrogen and oxygen atoms in total. The molecule has 1 amide bonds. The summed E-state index contributed by atoms with van der Waals surface area (Å²) in [7, 11) is -6.16. The Balaban J connectivity index is 0.000000421. The molecule has 52 heavy (non-hydrogen) atoms. The molecule has 1 atom stereocenters. The minimum atomic E-state index is -4.10. The van der Waals surface area contributed by atoms with E-state index in [2.05, 4.69) is 18.3 Å². The zero-order chi connectivity index (χ0) is 40.0. The molecule has 1 fully saturated rings. The molecule has 1 aliphatic carbocycles. The lowest BCUT2D eigenvalue weighted by Crippen LogP contribution is -2.43. The van der Waals surface area contributed by atoms with Crippen molar-refractivity contribution >= 4 is 69.6 Å². The van der Waals surface area contributed by atoms with Gasteiger partial charge in [0.15, 0.2) is 27.2 Å². The van der Waals surface area contributed by atoms with Gasteiger partial charge >= 0.3 is 13.6 Å². The number of benzene rings is 2. The Labute approximate surface area is 305 Å². The van der Waals surface area contributed by atoms with Crippen LogP contribution in [0.15, 0.2) is 41.3 Å². The highest BCUT2D eigenvalue weighted by molar-refractivity contribution is 7.90. The molecule has 2 aromatic carbocycles. The number of carboxylic acid groups (broad SMARTS) is 1. The number of halogens is 1. The first-order valence-corrected chi connectivity index (χ1v) is 19.8. The molecule has 0 unspecified atom stereocenters. The molecule has 0 aliphatic heterocycles. The number of sulfone groups is 1. The Morgan fingerprint density at radius 2 is 1.75 bits per heavy atom. The minimum absolute atomic E-state index is 0.0223. The third kappa shape index (κ3) is 14.3. The number of carbonyl (C=O) groups excluding carboxylic acids is 4. The Kier molecular flexibility index (Phi) is 18.6. The first-order valence-electron chi connectivity index (χ1n) is 15.6. The molecular formula is C32H43ClN3O14PS. The van der Waals surface area contributed by atoms with E-state index < -0.39 is 75.7 Å². The number of carbonyl (C=O) groups is 5. The van der Waals surface area contributed by atoms with E-state index in [4.69, 9.17) is 31.2 Å². The van der Waals surface area contributed by atoms with Gasteiger partial charge in [0, 0.05) is 32.3 Å². The van der Waals surface area contributed by atoms with Gasteiger partial charge in [0.2, 0.25) is 5.91 Å². The SMILES string of the molecule is CCc1cccc(C)c1N(C(=O)CCl)[C@@H](C)COC.CS(=O)(=O)c1ccc(C(=O)C2C(=O)CCCC2=O)c([N+](=O)[O-])c1.O=C(O)CNCP(=O)(O)O. The number of amides is 1. The van der Waals surface area contributed by atoms with Gasteiger partial charge in [-0.2, -0.15) is 0 Å². The summed E-state index contributed by atoms with van der Waals surface area (Å²) >= 11 is 5.76. The molecule has 1 aliphatic rings. The Morgan fingerprint density at radius 1 is 1.15 bits per heavy atom. The Hall–Kier alpha value is -3.90. The number of hydrogen-bond acceptors (Lipinski definition) is 12. The van der Waals surface area contributed by atoms with Gasteiger partial charge in [-0.05, 0) is 49.9 Å². The zero-order valence-corrected chi connectivity index (χ0v) is 31.7. The van der Waals surface area contributed by atoms with Crippen LogP contribution in [0.1, 0.15) is 54.6 Å². The Morgan fingerprint density at radius 3 is 2.21 bits per heavy atom. The van der Waals surface area contributed by atoms with E-state index in [1.807, 2.05) is 26.0 Å². The summed E-state index contributed by atoms with van der Waals surface area (Å²) in [5.41, 5.74) is 2.04. The van der Waals surface area contributed by atoms with E-state index >= 15 is 0 Å². The van der Waals surface area contributed by atoms with Crippen molar-refractivity contribution in [1.82, 2.24) is 5.32 Å². The van der Waals surface area contributed by atoms with Crippen LogP contribution in [0.3, 0.4) is 0 Å². The van der Waals surface area contributed by atoms with Crippen molar-refractivity contribution in [2.45, 2.75) is 57.4 Å². The van der Waals surface area contributed by atoms with E-state index in [9.17, 15) is 47.1 Å². The van der Waals surface area contributed by atoms with Crippen LogP contribution in [0.4, 0.5) is 11.4 Å². The van der Waals surface area contributed by atoms with Crippen LogP contribution in [0.25, 0.3) is 0 Å². The van der Waals surface area contributed by atoms with Crippen LogP contribution in [0.2, 0.25) is 0 Å². The molecule has 2 aromatic rings. The van der Waals surface area contributed by atoms with Crippen LogP contribution in [0, 0.1) is 23.0 Å². The number of aliphatic carboxylic acids is 1. The molecule has 0 spiro atoms. The number of methoxy groups -OCH3 is 1. The highest BCUT2D eigenvalue weighted by Crippen LogP contribution is 2.32. The average molecular weight is 792 g/mol. The number of hydrogen-bond donors (Lipinski definition) is 4. The average Bonchev–Trinajstić information content (AvgIpc) is 3.04. The molecule has 288 valence electrons. The minimum Gasteiger partial charge on any atom is -0.480 e. The van der Waals surface area contributed by atoms with Gasteiger partial charge in [-0.25, -0.2) is 8.42 Å². The van der Waals surface area contributed by atoms with Gasteiger partial charge in [-0.1, -0.05) is 25.1 Å². The number of carboxylic acids is 1. The summed E-state index contributed by atoms with van der Waals surface area (Å²) in [6.07, 6.45) is 1.65. The summed E-state index contributed by atoms with van der Waals surface area (Å²) < 4.78 is 38.2. The van der Waals surface area contributed by atoms with Crippen molar-refractivity contribution in [2.24, 2.45) is 5.92 Å². The monoisotopic (exact) mass is 791 g/mol. The smallest absolute Gasteiger partial charge is 0.339 e. The largest absolute Gasteiger partial charge is 0.480 e. The summed E-state index contributed by atoms with van der Waals surface area (Å²) in [5, 5.41) is 21.2. The lowest BCUT2D eigenvalue weighted by atomic mass is 9.81. The second-order valence-corrected chi connectivity index (χ2v) is 15.5. The summed E-state index contributed by atoms with van der Waals surface area (Å²) in [6.45, 7) is 6.12. The van der Waals surface area contributed by atoms with E-state index in [1.165, 1.54) is 0 Å². The van der Waals surface area contributed by atoms with E-state index in [1.54, 1.807) is 12.0 Å². The molecule has 4 N–H and O–H groups in total. The van der Waals surface area contributed by atoms with Crippen molar-refractivity contribution in [3.8, 4) is 0 Å². The fraction of sp³-hybridized carbons (Fsp3) is 0.469. The summed E-state index contributed by atoms with van der Waals surface area (Å²) in [5.74, 6) is -4.87. The number of nitro groups is 1. The normalized spacial score (nSPS) is 13.9.